The second-order valence-electron chi connectivity index (χ2n) is 7.91. The minimum absolute atomic E-state index is 0.00167. The lowest BCUT2D eigenvalue weighted by atomic mass is 9.84. The topological polar surface area (TPSA) is 89.4 Å². The van der Waals surface area contributed by atoms with E-state index in [4.69, 9.17) is 4.74 Å². The molecule has 0 aromatic carbocycles. The predicted octanol–water partition coefficient (Wildman–Crippen LogP) is -0.117. The van der Waals surface area contributed by atoms with Crippen molar-refractivity contribution in [2.75, 3.05) is 67.1 Å². The van der Waals surface area contributed by atoms with Gasteiger partial charge in [-0.25, -0.2) is 0 Å². The van der Waals surface area contributed by atoms with Crippen molar-refractivity contribution in [1.29, 1.82) is 0 Å². The molecule has 0 bridgehead atoms. The molecule has 27 heavy (non-hydrogen) atoms. The van der Waals surface area contributed by atoms with Crippen molar-refractivity contribution >= 4 is 11.9 Å². The summed E-state index contributed by atoms with van der Waals surface area (Å²) < 4.78 is 5.53. The van der Waals surface area contributed by atoms with Crippen LogP contribution in [0.5, 0.6) is 0 Å². The Bertz CT molecular complexity index is 492. The number of aliphatic hydroxyl groups is 1. The third-order valence-corrected chi connectivity index (χ3v) is 5.69. The Morgan fingerprint density at radius 3 is 2.85 bits per heavy atom. The van der Waals surface area contributed by atoms with E-state index in [9.17, 15) is 9.90 Å². The van der Waals surface area contributed by atoms with E-state index in [-0.39, 0.29) is 24.0 Å². The SMILES string of the molecule is CN=C(NCCCN1CCCC1C(=O)N(C)C)NCC1(CCO)CCOC1. The number of likely N-dealkylation sites (N-methyl/N-ethyl adjacent to an activating group) is 1. The Morgan fingerprint density at radius 2 is 2.22 bits per heavy atom. The number of guanidine groups is 1. The van der Waals surface area contributed by atoms with Gasteiger partial charge in [-0.15, -0.1) is 0 Å². The van der Waals surface area contributed by atoms with Gasteiger partial charge < -0.3 is 25.4 Å². The maximum absolute atomic E-state index is 12.2. The molecule has 2 saturated heterocycles. The van der Waals surface area contributed by atoms with Gasteiger partial charge in [0.05, 0.1) is 12.6 Å². The van der Waals surface area contributed by atoms with E-state index in [2.05, 4.69) is 20.5 Å². The first kappa shape index (κ1) is 21.9. The maximum Gasteiger partial charge on any atom is 0.239 e. The summed E-state index contributed by atoms with van der Waals surface area (Å²) in [5.41, 5.74) is 0.00167. The lowest BCUT2D eigenvalue weighted by Gasteiger charge is -2.28. The number of rotatable bonds is 9. The quantitative estimate of drug-likeness (QED) is 0.292. The van der Waals surface area contributed by atoms with Crippen LogP contribution in [-0.2, 0) is 9.53 Å². The Balaban J connectivity index is 1.69. The number of aliphatic imine (C=N–C) groups is 1. The Kier molecular flexibility index (Phi) is 8.79. The highest BCUT2D eigenvalue weighted by molar-refractivity contribution is 5.81. The van der Waals surface area contributed by atoms with E-state index in [0.717, 1.165) is 70.8 Å². The molecule has 0 saturated carbocycles. The van der Waals surface area contributed by atoms with Crippen LogP contribution in [0.15, 0.2) is 4.99 Å². The van der Waals surface area contributed by atoms with Gasteiger partial charge in [-0.2, -0.15) is 0 Å². The summed E-state index contributed by atoms with van der Waals surface area (Å²) in [6, 6.07) is 0.0399. The van der Waals surface area contributed by atoms with E-state index in [1.165, 1.54) is 0 Å². The molecule has 2 aliphatic heterocycles. The number of likely N-dealkylation sites (tertiary alicyclic amines) is 1. The number of amides is 1. The van der Waals surface area contributed by atoms with Crippen molar-refractivity contribution in [1.82, 2.24) is 20.4 Å². The van der Waals surface area contributed by atoms with Crippen LogP contribution in [0.2, 0.25) is 0 Å². The van der Waals surface area contributed by atoms with Crippen LogP contribution in [0.4, 0.5) is 0 Å². The summed E-state index contributed by atoms with van der Waals surface area (Å²) in [4.78, 5) is 20.5. The van der Waals surface area contributed by atoms with Crippen LogP contribution in [0, 0.1) is 5.41 Å². The van der Waals surface area contributed by atoms with Gasteiger partial charge in [0, 0.05) is 59.4 Å². The van der Waals surface area contributed by atoms with Crippen molar-refractivity contribution in [3.63, 3.8) is 0 Å². The molecular weight excluding hydrogens is 346 g/mol. The van der Waals surface area contributed by atoms with E-state index in [1.807, 2.05) is 14.1 Å². The first-order valence-electron chi connectivity index (χ1n) is 10.1. The van der Waals surface area contributed by atoms with Gasteiger partial charge in [-0.1, -0.05) is 0 Å². The molecule has 156 valence electrons. The first-order valence-corrected chi connectivity index (χ1v) is 10.1. The highest BCUT2D eigenvalue weighted by atomic mass is 16.5. The number of nitrogens with zero attached hydrogens (tertiary/aromatic N) is 3. The van der Waals surface area contributed by atoms with E-state index < -0.39 is 0 Å². The monoisotopic (exact) mass is 383 g/mol. The fourth-order valence-electron chi connectivity index (χ4n) is 3.96. The molecule has 0 aromatic heterocycles. The minimum Gasteiger partial charge on any atom is -0.396 e. The molecule has 2 fully saturated rings. The molecule has 1 amide bonds. The minimum atomic E-state index is 0.00167. The normalized spacial score (nSPS) is 26.4. The van der Waals surface area contributed by atoms with Crippen LogP contribution in [-0.4, -0.2) is 100.0 Å². The number of ether oxygens (including phenoxy) is 1. The molecule has 2 aliphatic rings. The first-order chi connectivity index (χ1) is 13.0. The second kappa shape index (κ2) is 10.8. The third-order valence-electron chi connectivity index (χ3n) is 5.69. The number of hydrogen-bond acceptors (Lipinski definition) is 5. The number of hydrogen-bond donors (Lipinski definition) is 3. The van der Waals surface area contributed by atoms with Crippen LogP contribution < -0.4 is 10.6 Å². The summed E-state index contributed by atoms with van der Waals surface area (Å²) in [7, 11) is 5.43. The lowest BCUT2D eigenvalue weighted by molar-refractivity contribution is -0.133. The molecule has 0 spiro atoms. The summed E-state index contributed by atoms with van der Waals surface area (Å²) in [6.45, 7) is 5.10. The molecule has 0 radical (unpaired) electrons. The van der Waals surface area contributed by atoms with Gasteiger partial charge in [-0.3, -0.25) is 14.7 Å². The van der Waals surface area contributed by atoms with Gasteiger partial charge >= 0.3 is 0 Å². The summed E-state index contributed by atoms with van der Waals surface area (Å²) in [6.07, 6.45) is 4.72. The average molecular weight is 384 g/mol. The lowest BCUT2D eigenvalue weighted by Crippen LogP contribution is -2.46. The van der Waals surface area contributed by atoms with Crippen molar-refractivity contribution in [3.8, 4) is 0 Å². The Labute approximate surface area is 163 Å². The maximum atomic E-state index is 12.2. The zero-order valence-electron chi connectivity index (χ0n) is 17.2. The highest BCUT2D eigenvalue weighted by Crippen LogP contribution is 2.31. The fraction of sp³-hybridized carbons (Fsp3) is 0.895. The predicted molar refractivity (Wildman–Crippen MR) is 107 cm³/mol. The molecule has 2 heterocycles. The average Bonchev–Trinajstić information content (AvgIpc) is 3.30. The number of aliphatic hydroxyl groups excluding tert-OH is 1. The van der Waals surface area contributed by atoms with Crippen molar-refractivity contribution in [3.05, 3.63) is 0 Å². The molecule has 8 heteroatoms. The van der Waals surface area contributed by atoms with Crippen molar-refractivity contribution < 1.29 is 14.6 Å². The highest BCUT2D eigenvalue weighted by Gasteiger charge is 2.34. The van der Waals surface area contributed by atoms with Gasteiger partial charge in [0.25, 0.3) is 0 Å². The van der Waals surface area contributed by atoms with Crippen LogP contribution in [0.25, 0.3) is 0 Å². The Morgan fingerprint density at radius 1 is 1.41 bits per heavy atom. The van der Waals surface area contributed by atoms with Gasteiger partial charge in [0.1, 0.15) is 0 Å². The molecule has 0 aliphatic carbocycles. The molecule has 8 nitrogen and oxygen atoms in total. The van der Waals surface area contributed by atoms with Crippen molar-refractivity contribution in [2.45, 2.75) is 38.1 Å². The summed E-state index contributed by atoms with van der Waals surface area (Å²) in [5.74, 6) is 0.993. The number of carbonyl (C=O) groups excluding carboxylic acids is 1. The summed E-state index contributed by atoms with van der Waals surface area (Å²) in [5, 5.41) is 16.1. The molecule has 3 N–H and O–H groups in total. The molecule has 2 unspecified atom stereocenters. The smallest absolute Gasteiger partial charge is 0.239 e. The van der Waals surface area contributed by atoms with Gasteiger partial charge in [0.15, 0.2) is 5.96 Å². The summed E-state index contributed by atoms with van der Waals surface area (Å²) >= 11 is 0. The molecule has 0 aromatic rings. The largest absolute Gasteiger partial charge is 0.396 e. The molecular formula is C19H37N5O3. The number of carbonyl (C=O) groups is 1. The van der Waals surface area contributed by atoms with Gasteiger partial charge in [-0.05, 0) is 38.6 Å². The zero-order valence-corrected chi connectivity index (χ0v) is 17.2. The Hall–Kier alpha value is -1.38. The van der Waals surface area contributed by atoms with Crippen LogP contribution in [0.3, 0.4) is 0 Å². The number of nitrogens with one attached hydrogen (secondary N) is 2. The molecule has 2 atom stereocenters. The van der Waals surface area contributed by atoms with E-state index in [0.29, 0.717) is 6.61 Å². The third kappa shape index (κ3) is 6.33. The van der Waals surface area contributed by atoms with Crippen LogP contribution in [0.1, 0.15) is 32.1 Å². The standard InChI is InChI=1S/C19H37N5O3/c1-20-18(22-14-19(7-12-25)8-13-27-15-19)21-9-5-11-24-10-4-6-16(24)17(26)23(2)3/h16,25H,4-15H2,1-3H3,(H2,20,21,22). The fourth-order valence-corrected chi connectivity index (χ4v) is 3.96. The van der Waals surface area contributed by atoms with E-state index in [1.54, 1.807) is 11.9 Å². The van der Waals surface area contributed by atoms with Crippen LogP contribution >= 0.6 is 0 Å². The van der Waals surface area contributed by atoms with Gasteiger partial charge in [0.2, 0.25) is 5.91 Å². The molecule has 2 rings (SSSR count). The van der Waals surface area contributed by atoms with E-state index >= 15 is 0 Å². The van der Waals surface area contributed by atoms with Crippen molar-refractivity contribution in [2.24, 2.45) is 10.4 Å². The second-order valence-corrected chi connectivity index (χ2v) is 7.91. The zero-order chi connectivity index (χ0) is 19.7.